The molecule has 1 atom stereocenters. The number of ether oxygens (including phenoxy) is 1. The van der Waals surface area contributed by atoms with E-state index in [1.54, 1.807) is 6.33 Å². The fourth-order valence-corrected chi connectivity index (χ4v) is 3.03. The third kappa shape index (κ3) is 3.13. The summed E-state index contributed by atoms with van der Waals surface area (Å²) in [5.41, 5.74) is 0. The molecule has 122 valence electrons. The molecule has 3 heterocycles. The Kier molecular flexibility index (Phi) is 3.85. The first kappa shape index (κ1) is 14.4. The zero-order valence-corrected chi connectivity index (χ0v) is 13.3. The second-order valence-electron chi connectivity index (χ2n) is 6.20. The minimum absolute atomic E-state index is 0.297. The van der Waals surface area contributed by atoms with E-state index in [0.29, 0.717) is 24.3 Å². The van der Waals surface area contributed by atoms with Gasteiger partial charge < -0.3 is 14.2 Å². The second kappa shape index (κ2) is 6.14. The molecular formula is C16H21N5O2. The minimum atomic E-state index is 0.297. The summed E-state index contributed by atoms with van der Waals surface area (Å²) in [5, 5.41) is 4.21. The van der Waals surface area contributed by atoms with Crippen molar-refractivity contribution < 1.29 is 9.26 Å². The van der Waals surface area contributed by atoms with Crippen LogP contribution >= 0.6 is 0 Å². The van der Waals surface area contributed by atoms with Crippen LogP contribution in [0.1, 0.15) is 56.2 Å². The summed E-state index contributed by atoms with van der Waals surface area (Å²) in [7, 11) is 0. The Bertz CT molecular complexity index is 670. The molecule has 2 aliphatic rings. The van der Waals surface area contributed by atoms with Crippen molar-refractivity contribution in [2.45, 2.75) is 44.4 Å². The molecule has 1 aliphatic heterocycles. The Morgan fingerprint density at radius 2 is 2.17 bits per heavy atom. The van der Waals surface area contributed by atoms with Gasteiger partial charge in [-0.1, -0.05) is 5.16 Å². The third-order valence-electron chi connectivity index (χ3n) is 4.41. The zero-order valence-electron chi connectivity index (χ0n) is 13.3. The number of nitrogens with zero attached hydrogens (tertiary/aromatic N) is 5. The highest BCUT2D eigenvalue weighted by Gasteiger charge is 2.32. The summed E-state index contributed by atoms with van der Waals surface area (Å²) in [6.07, 6.45) is 6.10. The normalized spacial score (nSPS) is 21.4. The van der Waals surface area contributed by atoms with Gasteiger partial charge in [-0.15, -0.1) is 0 Å². The van der Waals surface area contributed by atoms with Crippen molar-refractivity contribution in [1.29, 1.82) is 0 Å². The van der Waals surface area contributed by atoms with Crippen LogP contribution in [0.4, 0.5) is 5.82 Å². The molecule has 7 nitrogen and oxygen atoms in total. The summed E-state index contributed by atoms with van der Waals surface area (Å²) in [5.74, 6) is 3.99. The lowest BCUT2D eigenvalue weighted by Crippen LogP contribution is -2.35. The van der Waals surface area contributed by atoms with Gasteiger partial charge >= 0.3 is 0 Å². The van der Waals surface area contributed by atoms with Gasteiger partial charge in [-0.25, -0.2) is 9.97 Å². The number of anilines is 1. The van der Waals surface area contributed by atoms with Gasteiger partial charge in [0, 0.05) is 31.0 Å². The molecule has 2 aromatic heterocycles. The predicted octanol–water partition coefficient (Wildman–Crippen LogP) is 2.52. The highest BCUT2D eigenvalue weighted by molar-refractivity contribution is 5.41. The van der Waals surface area contributed by atoms with E-state index in [0.717, 1.165) is 43.5 Å². The maximum absolute atomic E-state index is 5.47. The molecule has 0 bridgehead atoms. The monoisotopic (exact) mass is 315 g/mol. The molecule has 2 fully saturated rings. The average molecular weight is 315 g/mol. The first-order valence-electron chi connectivity index (χ1n) is 8.36. The van der Waals surface area contributed by atoms with Crippen LogP contribution in [0.2, 0.25) is 0 Å². The second-order valence-corrected chi connectivity index (χ2v) is 6.20. The number of piperidine rings is 1. The van der Waals surface area contributed by atoms with Gasteiger partial charge in [0.15, 0.2) is 5.82 Å². The number of hydrogen-bond donors (Lipinski definition) is 0. The van der Waals surface area contributed by atoms with Gasteiger partial charge in [-0.05, 0) is 32.6 Å². The molecule has 1 aliphatic carbocycles. The molecule has 7 heteroatoms. The summed E-state index contributed by atoms with van der Waals surface area (Å²) in [6, 6.07) is 1.90. The van der Waals surface area contributed by atoms with E-state index >= 15 is 0 Å². The fourth-order valence-electron chi connectivity index (χ4n) is 3.03. The topological polar surface area (TPSA) is 77.2 Å². The molecule has 1 saturated carbocycles. The van der Waals surface area contributed by atoms with E-state index in [1.165, 1.54) is 12.8 Å². The summed E-state index contributed by atoms with van der Waals surface area (Å²) >= 11 is 0. The smallest absolute Gasteiger partial charge is 0.229 e. The molecule has 2 aromatic rings. The van der Waals surface area contributed by atoms with E-state index in [2.05, 4.69) is 25.0 Å². The average Bonchev–Trinajstić information content (AvgIpc) is 3.33. The Labute approximate surface area is 135 Å². The first-order valence-corrected chi connectivity index (χ1v) is 8.36. The largest absolute Gasteiger partial charge is 0.478 e. The van der Waals surface area contributed by atoms with Gasteiger partial charge in [0.05, 0.1) is 6.61 Å². The summed E-state index contributed by atoms with van der Waals surface area (Å²) < 4.78 is 10.9. The number of rotatable bonds is 5. The maximum Gasteiger partial charge on any atom is 0.229 e. The molecule has 0 N–H and O–H groups in total. The van der Waals surface area contributed by atoms with E-state index < -0.39 is 0 Å². The Balaban J connectivity index is 1.48. The predicted molar refractivity (Wildman–Crippen MR) is 83.7 cm³/mol. The molecular weight excluding hydrogens is 294 g/mol. The third-order valence-corrected chi connectivity index (χ3v) is 4.41. The van der Waals surface area contributed by atoms with Crippen LogP contribution in [-0.4, -0.2) is 39.8 Å². The van der Waals surface area contributed by atoms with Crippen LogP contribution in [0.25, 0.3) is 0 Å². The van der Waals surface area contributed by atoms with Crippen molar-refractivity contribution in [3.05, 3.63) is 24.1 Å². The van der Waals surface area contributed by atoms with Crippen molar-refractivity contribution in [2.24, 2.45) is 0 Å². The lowest BCUT2D eigenvalue weighted by molar-refractivity contribution is 0.326. The summed E-state index contributed by atoms with van der Waals surface area (Å²) in [4.78, 5) is 15.4. The lowest BCUT2D eigenvalue weighted by atomic mass is 9.97. The van der Waals surface area contributed by atoms with Crippen LogP contribution in [0.3, 0.4) is 0 Å². The van der Waals surface area contributed by atoms with Gasteiger partial charge in [0.2, 0.25) is 11.8 Å². The van der Waals surface area contributed by atoms with E-state index in [-0.39, 0.29) is 0 Å². The van der Waals surface area contributed by atoms with Gasteiger partial charge in [-0.3, -0.25) is 0 Å². The molecule has 4 rings (SSSR count). The van der Waals surface area contributed by atoms with Crippen LogP contribution in [0.15, 0.2) is 16.9 Å². The van der Waals surface area contributed by atoms with Crippen molar-refractivity contribution in [1.82, 2.24) is 20.1 Å². The maximum atomic E-state index is 5.47. The molecule has 0 radical (unpaired) electrons. The molecule has 1 saturated heterocycles. The van der Waals surface area contributed by atoms with Crippen LogP contribution in [-0.2, 0) is 0 Å². The van der Waals surface area contributed by atoms with E-state index in [1.807, 2.05) is 13.0 Å². The van der Waals surface area contributed by atoms with Crippen molar-refractivity contribution in [2.75, 3.05) is 24.6 Å². The molecule has 23 heavy (non-hydrogen) atoms. The van der Waals surface area contributed by atoms with Crippen LogP contribution in [0, 0.1) is 0 Å². The highest BCUT2D eigenvalue weighted by atomic mass is 16.5. The Morgan fingerprint density at radius 1 is 1.26 bits per heavy atom. The fraction of sp³-hybridized carbons (Fsp3) is 0.625. The Morgan fingerprint density at radius 3 is 3.00 bits per heavy atom. The quantitative estimate of drug-likeness (QED) is 0.839. The molecule has 0 spiro atoms. The minimum Gasteiger partial charge on any atom is -0.478 e. The lowest BCUT2D eigenvalue weighted by Gasteiger charge is -2.32. The Hall–Kier alpha value is -2.18. The van der Waals surface area contributed by atoms with Crippen LogP contribution < -0.4 is 9.64 Å². The van der Waals surface area contributed by atoms with Gasteiger partial charge in [0.25, 0.3) is 0 Å². The highest BCUT2D eigenvalue weighted by Crippen LogP contribution is 2.39. The van der Waals surface area contributed by atoms with Crippen molar-refractivity contribution in [3.63, 3.8) is 0 Å². The molecule has 0 amide bonds. The number of hydrogen-bond acceptors (Lipinski definition) is 7. The van der Waals surface area contributed by atoms with E-state index in [9.17, 15) is 0 Å². The van der Waals surface area contributed by atoms with Crippen LogP contribution in [0.5, 0.6) is 5.88 Å². The summed E-state index contributed by atoms with van der Waals surface area (Å²) in [6.45, 7) is 4.39. The standard InChI is InChI=1S/C16H21N5O2/c1-2-22-14-8-13(17-10-18-14)21-7-3-4-12(9-21)15-19-16(23-20-15)11-5-6-11/h8,10-12H,2-7,9H2,1H3. The van der Waals surface area contributed by atoms with Crippen molar-refractivity contribution in [3.8, 4) is 5.88 Å². The zero-order chi connectivity index (χ0) is 15.6. The number of aromatic nitrogens is 4. The SMILES string of the molecule is CCOc1cc(N2CCCC(c3noc(C4CC4)n3)C2)ncn1. The molecule has 0 aromatic carbocycles. The van der Waals surface area contributed by atoms with Gasteiger partial charge in [-0.2, -0.15) is 4.98 Å². The van der Waals surface area contributed by atoms with Gasteiger partial charge in [0.1, 0.15) is 12.1 Å². The molecule has 1 unspecified atom stereocenters. The van der Waals surface area contributed by atoms with Crippen molar-refractivity contribution >= 4 is 5.82 Å². The first-order chi connectivity index (χ1) is 11.3. The van der Waals surface area contributed by atoms with E-state index in [4.69, 9.17) is 9.26 Å².